The van der Waals surface area contributed by atoms with Gasteiger partial charge in [0.15, 0.2) is 0 Å². The van der Waals surface area contributed by atoms with Crippen LogP contribution in [0.1, 0.15) is 19.3 Å². The summed E-state index contributed by atoms with van der Waals surface area (Å²) >= 11 is 0. The molecule has 0 aromatic rings. The maximum atomic E-state index is 11.4. The van der Waals surface area contributed by atoms with Crippen LogP contribution in [0.15, 0.2) is 12.7 Å². The summed E-state index contributed by atoms with van der Waals surface area (Å²) in [6.07, 6.45) is 5.40. The summed E-state index contributed by atoms with van der Waals surface area (Å²) in [6.45, 7) is 7.86. The van der Waals surface area contributed by atoms with E-state index in [2.05, 4.69) is 29.2 Å². The third-order valence-corrected chi connectivity index (χ3v) is 3.29. The molecule has 17 heavy (non-hydrogen) atoms. The smallest absolute Gasteiger partial charge is 0.233 e. The molecule has 0 radical (unpaired) electrons. The highest BCUT2D eigenvalue weighted by Gasteiger charge is 2.16. The number of nitrogens with one attached hydrogen (secondary N) is 2. The lowest BCUT2D eigenvalue weighted by Gasteiger charge is -2.28. The Hall–Kier alpha value is -0.870. The van der Waals surface area contributed by atoms with Crippen LogP contribution in [0.4, 0.5) is 0 Å². The monoisotopic (exact) mass is 239 g/mol. The molecule has 0 unspecified atom stereocenters. The molecule has 1 saturated heterocycles. The molecule has 1 fully saturated rings. The van der Waals surface area contributed by atoms with Crippen molar-refractivity contribution in [2.75, 3.05) is 39.8 Å². The van der Waals surface area contributed by atoms with Crippen molar-refractivity contribution in [2.45, 2.75) is 19.3 Å². The first-order chi connectivity index (χ1) is 8.22. The predicted molar refractivity (Wildman–Crippen MR) is 70.9 cm³/mol. The normalized spacial score (nSPS) is 17.9. The summed E-state index contributed by atoms with van der Waals surface area (Å²) in [4.78, 5) is 13.8. The zero-order chi connectivity index (χ0) is 12.5. The van der Waals surface area contributed by atoms with E-state index in [1.54, 1.807) is 6.08 Å². The number of carbonyl (C=O) groups is 1. The van der Waals surface area contributed by atoms with Gasteiger partial charge >= 0.3 is 0 Å². The van der Waals surface area contributed by atoms with Crippen LogP contribution >= 0.6 is 0 Å². The molecule has 0 spiro atoms. The Morgan fingerprint density at radius 1 is 1.47 bits per heavy atom. The van der Waals surface area contributed by atoms with E-state index in [1.807, 2.05) is 0 Å². The maximum absolute atomic E-state index is 11.4. The number of rotatable bonds is 7. The second-order valence-electron chi connectivity index (χ2n) is 4.80. The van der Waals surface area contributed by atoms with E-state index in [-0.39, 0.29) is 5.91 Å². The van der Waals surface area contributed by atoms with Crippen molar-refractivity contribution < 1.29 is 4.79 Å². The van der Waals surface area contributed by atoms with Crippen LogP contribution in [-0.2, 0) is 4.79 Å². The number of likely N-dealkylation sites (tertiary alicyclic amines) is 1. The average molecular weight is 239 g/mol. The minimum absolute atomic E-state index is 0.0831. The number of piperidine rings is 1. The van der Waals surface area contributed by atoms with Crippen LogP contribution in [-0.4, -0.2) is 50.6 Å². The highest BCUT2D eigenvalue weighted by Crippen LogP contribution is 2.18. The Balaban J connectivity index is 1.99. The molecular weight excluding hydrogens is 214 g/mol. The lowest BCUT2D eigenvalue weighted by molar-refractivity contribution is -0.120. The number of nitrogens with zero attached hydrogens (tertiary/aromatic N) is 1. The van der Waals surface area contributed by atoms with Gasteiger partial charge in [-0.1, -0.05) is 6.08 Å². The highest BCUT2D eigenvalue weighted by molar-refractivity contribution is 5.77. The number of hydrogen-bond donors (Lipinski definition) is 2. The predicted octanol–water partition coefficient (Wildman–Crippen LogP) is 0.610. The molecule has 4 nitrogen and oxygen atoms in total. The molecule has 4 heteroatoms. The molecule has 0 saturated carbocycles. The van der Waals surface area contributed by atoms with Gasteiger partial charge in [0, 0.05) is 13.1 Å². The first-order valence-corrected chi connectivity index (χ1v) is 6.49. The van der Waals surface area contributed by atoms with E-state index in [4.69, 9.17) is 0 Å². The van der Waals surface area contributed by atoms with Gasteiger partial charge in [0.2, 0.25) is 5.91 Å². The molecule has 0 aromatic heterocycles. The van der Waals surface area contributed by atoms with E-state index < -0.39 is 0 Å². The largest absolute Gasteiger partial charge is 0.355 e. The summed E-state index contributed by atoms with van der Waals surface area (Å²) in [7, 11) is 2.17. The molecule has 0 bridgehead atoms. The number of hydrogen-bond acceptors (Lipinski definition) is 3. The van der Waals surface area contributed by atoms with Crippen molar-refractivity contribution in [2.24, 2.45) is 5.92 Å². The standard InChI is InChI=1S/C13H25N3O/c1-3-7-14-11-13(17)15-8-4-12-5-9-16(2)10-6-12/h3,12,14H,1,4-11H2,2H3,(H,15,17). The van der Waals surface area contributed by atoms with Crippen LogP contribution in [0.25, 0.3) is 0 Å². The Morgan fingerprint density at radius 2 is 2.18 bits per heavy atom. The average Bonchev–Trinajstić information content (AvgIpc) is 2.32. The topological polar surface area (TPSA) is 44.4 Å². The molecule has 0 aliphatic carbocycles. The summed E-state index contributed by atoms with van der Waals surface area (Å²) in [5.74, 6) is 0.868. The zero-order valence-corrected chi connectivity index (χ0v) is 10.9. The molecule has 98 valence electrons. The van der Waals surface area contributed by atoms with E-state index in [1.165, 1.54) is 25.9 Å². The van der Waals surface area contributed by atoms with E-state index >= 15 is 0 Å². The Labute approximate surface area is 104 Å². The van der Waals surface area contributed by atoms with Crippen molar-refractivity contribution in [1.29, 1.82) is 0 Å². The van der Waals surface area contributed by atoms with Crippen LogP contribution < -0.4 is 10.6 Å². The molecular formula is C13H25N3O. The molecule has 1 heterocycles. The third-order valence-electron chi connectivity index (χ3n) is 3.29. The van der Waals surface area contributed by atoms with Gasteiger partial charge in [0.25, 0.3) is 0 Å². The summed E-state index contributed by atoms with van der Waals surface area (Å²) < 4.78 is 0. The minimum Gasteiger partial charge on any atom is -0.355 e. The third kappa shape index (κ3) is 6.44. The summed E-state index contributed by atoms with van der Waals surface area (Å²) in [5, 5.41) is 5.94. The molecule has 2 N–H and O–H groups in total. The van der Waals surface area contributed by atoms with Crippen LogP contribution in [0, 0.1) is 5.92 Å². The molecule has 1 aliphatic heterocycles. The van der Waals surface area contributed by atoms with Gasteiger partial charge < -0.3 is 15.5 Å². The molecule has 1 amide bonds. The second kappa shape index (κ2) is 8.25. The van der Waals surface area contributed by atoms with Gasteiger partial charge in [-0.3, -0.25) is 4.79 Å². The van der Waals surface area contributed by atoms with E-state index in [0.717, 1.165) is 18.9 Å². The van der Waals surface area contributed by atoms with Gasteiger partial charge in [-0.05, 0) is 45.3 Å². The zero-order valence-electron chi connectivity index (χ0n) is 10.9. The van der Waals surface area contributed by atoms with Gasteiger partial charge in [-0.25, -0.2) is 0 Å². The molecule has 0 aromatic carbocycles. The highest BCUT2D eigenvalue weighted by atomic mass is 16.1. The molecule has 1 rings (SSSR count). The summed E-state index contributed by atoms with van der Waals surface area (Å²) in [6, 6.07) is 0. The summed E-state index contributed by atoms with van der Waals surface area (Å²) in [5.41, 5.74) is 0. The number of carbonyl (C=O) groups excluding carboxylic acids is 1. The first-order valence-electron chi connectivity index (χ1n) is 6.49. The first kappa shape index (κ1) is 14.2. The number of amides is 1. The van der Waals surface area contributed by atoms with Crippen molar-refractivity contribution >= 4 is 5.91 Å². The van der Waals surface area contributed by atoms with E-state index in [0.29, 0.717) is 13.1 Å². The fraction of sp³-hybridized carbons (Fsp3) is 0.769. The minimum atomic E-state index is 0.0831. The van der Waals surface area contributed by atoms with Crippen LogP contribution in [0.2, 0.25) is 0 Å². The Bertz CT molecular complexity index is 235. The molecule has 1 aliphatic rings. The van der Waals surface area contributed by atoms with Gasteiger partial charge in [0.05, 0.1) is 6.54 Å². The van der Waals surface area contributed by atoms with Crippen LogP contribution in [0.5, 0.6) is 0 Å². The van der Waals surface area contributed by atoms with Gasteiger partial charge in [-0.2, -0.15) is 0 Å². The van der Waals surface area contributed by atoms with Crippen LogP contribution in [0.3, 0.4) is 0 Å². The quantitative estimate of drug-likeness (QED) is 0.505. The van der Waals surface area contributed by atoms with Gasteiger partial charge in [0.1, 0.15) is 0 Å². The maximum Gasteiger partial charge on any atom is 0.233 e. The Kier molecular flexibility index (Phi) is 6.89. The molecule has 0 atom stereocenters. The van der Waals surface area contributed by atoms with E-state index in [9.17, 15) is 4.79 Å². The lowest BCUT2D eigenvalue weighted by Crippen LogP contribution is -2.36. The van der Waals surface area contributed by atoms with Crippen molar-refractivity contribution in [3.63, 3.8) is 0 Å². The van der Waals surface area contributed by atoms with Crippen molar-refractivity contribution in [1.82, 2.24) is 15.5 Å². The Morgan fingerprint density at radius 3 is 2.82 bits per heavy atom. The van der Waals surface area contributed by atoms with Crippen molar-refractivity contribution in [3.05, 3.63) is 12.7 Å². The van der Waals surface area contributed by atoms with Gasteiger partial charge in [-0.15, -0.1) is 6.58 Å². The lowest BCUT2D eigenvalue weighted by atomic mass is 9.94. The SMILES string of the molecule is C=CCNCC(=O)NCCC1CCN(C)CC1. The fourth-order valence-corrected chi connectivity index (χ4v) is 2.12. The van der Waals surface area contributed by atoms with Crippen molar-refractivity contribution in [3.8, 4) is 0 Å². The fourth-order valence-electron chi connectivity index (χ4n) is 2.12. The second-order valence-corrected chi connectivity index (χ2v) is 4.80.